The van der Waals surface area contributed by atoms with E-state index in [1.165, 1.54) is 0 Å². The van der Waals surface area contributed by atoms with Gasteiger partial charge in [-0.3, -0.25) is 15.0 Å². The average molecular weight is 1230 g/mol. The first-order chi connectivity index (χ1) is 49.0. The van der Waals surface area contributed by atoms with E-state index in [0.717, 1.165) is 178 Å². The molecule has 0 spiro atoms. The minimum atomic E-state index is -2.13. The maximum atomic E-state index is 7.62. The summed E-state index contributed by atoms with van der Waals surface area (Å²) in [7, 11) is 7.47. The number of hydrogen-bond acceptors (Lipinski definition) is 8. The van der Waals surface area contributed by atoms with Crippen LogP contribution < -0.4 is 18.3 Å². The summed E-state index contributed by atoms with van der Waals surface area (Å²) >= 11 is 0. The molecule has 12 nitrogen and oxygen atoms in total. The van der Waals surface area contributed by atoms with Gasteiger partial charge in [0.1, 0.15) is 61.6 Å². The maximum Gasteiger partial charge on any atom is 0.214 e. The smallest absolute Gasteiger partial charge is 0.214 e. The van der Waals surface area contributed by atoms with Crippen molar-refractivity contribution in [3.63, 3.8) is 0 Å². The Labute approximate surface area is 552 Å². The molecule has 0 unspecified atom stereocenters. The van der Waals surface area contributed by atoms with Crippen molar-refractivity contribution >= 4 is 87.9 Å². The normalized spacial score (nSPS) is 14.0. The van der Waals surface area contributed by atoms with Crippen LogP contribution in [0.25, 0.3) is 133 Å². The molecule has 92 heavy (non-hydrogen) atoms. The molecule has 0 radical (unpaired) electrons. The van der Waals surface area contributed by atoms with Crippen LogP contribution >= 0.6 is 0 Å². The van der Waals surface area contributed by atoms with Crippen molar-refractivity contribution in [2.45, 2.75) is 82.8 Å². The molecule has 16 rings (SSSR count). The lowest BCUT2D eigenvalue weighted by atomic mass is 9.98. The second kappa shape index (κ2) is 23.9. The molecule has 456 valence electrons. The van der Waals surface area contributed by atoms with Gasteiger partial charge in [-0.15, -0.1) is 0 Å². The van der Waals surface area contributed by atoms with E-state index in [4.69, 9.17) is 34.1 Å². The van der Waals surface area contributed by atoms with Crippen molar-refractivity contribution in [2.24, 2.45) is 28.2 Å². The molecule has 0 N–H and O–H groups in total. The average Bonchev–Trinajstić information content (AvgIpc) is 1.58. The molecule has 0 fully saturated rings. The van der Waals surface area contributed by atoms with Gasteiger partial charge in [0.05, 0.1) is 45.2 Å². The van der Waals surface area contributed by atoms with Crippen LogP contribution in [-0.4, -0.2) is 19.9 Å². The highest BCUT2D eigenvalue weighted by Crippen LogP contribution is 2.42. The lowest BCUT2D eigenvalue weighted by Crippen LogP contribution is -2.31. The van der Waals surface area contributed by atoms with Crippen LogP contribution in [-0.2, 0) is 28.2 Å². The van der Waals surface area contributed by atoms with Crippen molar-refractivity contribution in [2.75, 3.05) is 0 Å². The molecule has 12 heterocycles. The van der Waals surface area contributed by atoms with Gasteiger partial charge < -0.3 is 17.7 Å². The number of fused-ring (bicyclic) bond motifs is 12. The summed E-state index contributed by atoms with van der Waals surface area (Å²) < 4.78 is 123. The highest BCUT2D eigenvalue weighted by atomic mass is 16.3. The van der Waals surface area contributed by atoms with Gasteiger partial charge in [-0.05, 0) is 166 Å². The SMILES string of the molecule is [2H]C([2H])([2H])c1ccc(-c2c(C)ccc3oc4cc(C)ncc4c23)[n+](C)c1.[2H]C([2H])([2H])c1ccc(-c2c(C)ccc3oc4ccc(C)nc4c23)[n+](C)c1.[2H]C([2H])([2H])c1ccc(-c2c(C)ccc3oc4cnc(C)cc4c23)[n+](C)c1.[2H]C([2H])([2H])c1ccc(-c2c(C)nc(C)c3oc4ccccc4c23)[n+](C)c1. The molecule has 16 aromatic rings. The predicted molar refractivity (Wildman–Crippen MR) is 369 cm³/mol. The Balaban J connectivity index is 0.000000123. The van der Waals surface area contributed by atoms with Crippen LogP contribution in [0, 0.1) is 82.8 Å². The van der Waals surface area contributed by atoms with Crippen LogP contribution in [0.4, 0.5) is 0 Å². The molecular weight excluding hydrogens is 1140 g/mol. The number of furan rings is 4. The minimum Gasteiger partial charge on any atom is -0.456 e. The number of benzene rings is 4. The van der Waals surface area contributed by atoms with Crippen molar-refractivity contribution in [1.29, 1.82) is 0 Å². The molecule has 0 saturated heterocycles. The summed E-state index contributed by atoms with van der Waals surface area (Å²) in [5, 5.41) is 7.03. The number of aryl methyl sites for hydroxylation is 16. The van der Waals surface area contributed by atoms with Crippen LogP contribution in [0.3, 0.4) is 0 Å². The topological polar surface area (TPSA) is 120 Å². The van der Waals surface area contributed by atoms with E-state index in [1.54, 1.807) is 55.2 Å². The van der Waals surface area contributed by atoms with Gasteiger partial charge >= 0.3 is 0 Å². The fourth-order valence-electron chi connectivity index (χ4n) is 12.7. The zero-order valence-corrected chi connectivity index (χ0v) is 53.4. The lowest BCUT2D eigenvalue weighted by Gasteiger charge is -2.08. The molecular formula is C80H76N8O4+4. The maximum absolute atomic E-state index is 7.62. The van der Waals surface area contributed by atoms with Crippen LogP contribution in [0.15, 0.2) is 188 Å². The molecule has 0 saturated carbocycles. The molecule has 0 aliphatic heterocycles. The number of hydrogen-bond donors (Lipinski definition) is 0. The third kappa shape index (κ3) is 11.0. The highest BCUT2D eigenvalue weighted by molar-refractivity contribution is 6.15. The van der Waals surface area contributed by atoms with E-state index in [-0.39, 0.29) is 0 Å². The highest BCUT2D eigenvalue weighted by Gasteiger charge is 2.26. The Morgan fingerprint density at radius 3 is 1.34 bits per heavy atom. The molecule has 4 aromatic carbocycles. The van der Waals surface area contributed by atoms with E-state index in [1.807, 2.05) is 210 Å². The standard InChI is InChI=1S/4C20H19N2O/c1-12-5-8-15(22(4)11-12)18-13(2)6-9-16-19(18)20-17(23-16)10-7-14(3)21-20;1-12-5-7-16(22(4)11-12)19-13(2)6-8-17-20(19)15-10-21-14(3)9-18(15)23-17;1-12-5-7-16(22(4)11-12)19-13(2)6-8-17-20(19)15-9-14(3)21-10-18(15)23-17;1-12-9-10-16(22(4)11-12)18-13(2)21-14(3)20-19(18)15-7-5-6-8-17(15)23-20/h4*5-11H,1-4H3/q4*+1/i4*1D3. The number of rotatable bonds is 4. The largest absolute Gasteiger partial charge is 0.456 e. The summed E-state index contributed by atoms with van der Waals surface area (Å²) in [5.41, 5.74) is 23.9. The lowest BCUT2D eigenvalue weighted by molar-refractivity contribution is -0.660. The van der Waals surface area contributed by atoms with Crippen molar-refractivity contribution in [3.05, 3.63) is 238 Å². The van der Waals surface area contributed by atoms with Gasteiger partial charge in [-0.1, -0.05) is 36.4 Å². The van der Waals surface area contributed by atoms with E-state index in [2.05, 4.69) is 26.9 Å². The summed E-state index contributed by atoms with van der Waals surface area (Å²) in [6.45, 7) is 7.41. The second-order valence-electron chi connectivity index (χ2n) is 23.8. The van der Waals surface area contributed by atoms with Gasteiger partial charge in [-0.25, -0.2) is 23.3 Å². The second-order valence-corrected chi connectivity index (χ2v) is 23.8. The number of aromatic nitrogens is 8. The van der Waals surface area contributed by atoms with Gasteiger partial charge in [0.25, 0.3) is 0 Å². The molecule has 0 bridgehead atoms. The Kier molecular flexibility index (Phi) is 12.3. The first-order valence-corrected chi connectivity index (χ1v) is 30.2. The molecule has 12 heteroatoms. The van der Waals surface area contributed by atoms with Crippen molar-refractivity contribution in [3.8, 4) is 45.0 Å². The molecule has 12 aromatic heterocycles. The van der Waals surface area contributed by atoms with E-state index in [0.29, 0.717) is 22.3 Å². The van der Waals surface area contributed by atoms with Crippen LogP contribution in [0.5, 0.6) is 0 Å². The zero-order chi connectivity index (χ0) is 74.5. The third-order valence-corrected chi connectivity index (χ3v) is 17.0. The monoisotopic (exact) mass is 1220 g/mol. The number of nitrogens with zero attached hydrogens (tertiary/aromatic N) is 8. The predicted octanol–water partition coefficient (Wildman–Crippen LogP) is 17.6. The zero-order valence-electron chi connectivity index (χ0n) is 65.4. The van der Waals surface area contributed by atoms with E-state index in [9.17, 15) is 0 Å². The Bertz CT molecular complexity index is 5930. The minimum absolute atomic E-state index is 0.315. The Morgan fingerprint density at radius 1 is 0.337 bits per heavy atom. The summed E-state index contributed by atoms with van der Waals surface area (Å²) in [5.74, 6) is 0. The summed E-state index contributed by atoms with van der Waals surface area (Å²) in [4.78, 5) is 18.1. The number of pyridine rings is 8. The van der Waals surface area contributed by atoms with Gasteiger partial charge in [0.15, 0.2) is 41.5 Å². The van der Waals surface area contributed by atoms with Crippen LogP contribution in [0.1, 0.15) is 83.9 Å². The molecule has 0 aliphatic carbocycles. The summed E-state index contributed by atoms with van der Waals surface area (Å²) in [6.07, 6.45) is 10.3. The molecule has 0 amide bonds. The Morgan fingerprint density at radius 2 is 0.793 bits per heavy atom. The molecule has 0 aliphatic rings. The van der Waals surface area contributed by atoms with Crippen molar-refractivity contribution in [1.82, 2.24) is 19.9 Å². The fraction of sp³-hybridized carbons (Fsp3) is 0.200. The molecule has 0 atom stereocenters. The first kappa shape index (κ1) is 47.3. The van der Waals surface area contributed by atoms with Gasteiger partial charge in [0, 0.05) is 125 Å². The van der Waals surface area contributed by atoms with E-state index < -0.39 is 27.4 Å². The number of para-hydroxylation sites is 1. The van der Waals surface area contributed by atoms with Gasteiger partial charge in [0.2, 0.25) is 22.8 Å². The third-order valence-electron chi connectivity index (χ3n) is 17.0. The van der Waals surface area contributed by atoms with E-state index >= 15 is 0 Å². The van der Waals surface area contributed by atoms with Crippen LogP contribution in [0.2, 0.25) is 0 Å². The first-order valence-electron chi connectivity index (χ1n) is 36.2. The van der Waals surface area contributed by atoms with Crippen molar-refractivity contribution < 1.29 is 52.4 Å². The summed E-state index contributed by atoms with van der Waals surface area (Å²) in [6, 6.07) is 41.9. The van der Waals surface area contributed by atoms with Gasteiger partial charge in [-0.2, -0.15) is 0 Å². The quantitative estimate of drug-likeness (QED) is 0.160. The Hall–Kier alpha value is -10.7. The fourth-order valence-corrected chi connectivity index (χ4v) is 12.7.